The molecule has 1 amide bonds. The third-order valence-corrected chi connectivity index (χ3v) is 3.45. The van der Waals surface area contributed by atoms with E-state index in [9.17, 15) is 4.79 Å². The summed E-state index contributed by atoms with van der Waals surface area (Å²) in [5.74, 6) is 0. The lowest BCUT2D eigenvalue weighted by molar-refractivity contribution is 0.0195. The van der Waals surface area contributed by atoms with Gasteiger partial charge in [-0.25, -0.2) is 4.79 Å². The van der Waals surface area contributed by atoms with Crippen molar-refractivity contribution in [1.29, 1.82) is 0 Å². The van der Waals surface area contributed by atoms with E-state index in [1.54, 1.807) is 0 Å². The molecule has 0 spiro atoms. The standard InChI is InChI=1S/C16H32N2O3/c1-5-10-17-11-12-20-14-8-6-13(7-9-14)18-15(19)21-16(2,3)4/h13-14,17H,5-12H2,1-4H3,(H,18,19). The summed E-state index contributed by atoms with van der Waals surface area (Å²) in [6.07, 6.45) is 5.13. The Labute approximate surface area is 129 Å². The van der Waals surface area contributed by atoms with Crippen molar-refractivity contribution in [2.45, 2.75) is 77.5 Å². The number of ether oxygens (including phenoxy) is 2. The van der Waals surface area contributed by atoms with Gasteiger partial charge in [0.2, 0.25) is 0 Å². The lowest BCUT2D eigenvalue weighted by Crippen LogP contribution is -2.42. The van der Waals surface area contributed by atoms with E-state index < -0.39 is 5.60 Å². The highest BCUT2D eigenvalue weighted by Crippen LogP contribution is 2.21. The van der Waals surface area contributed by atoms with Crippen LogP contribution in [0.3, 0.4) is 0 Å². The normalized spacial score (nSPS) is 22.9. The minimum Gasteiger partial charge on any atom is -0.444 e. The van der Waals surface area contributed by atoms with Gasteiger partial charge < -0.3 is 20.1 Å². The maximum Gasteiger partial charge on any atom is 0.407 e. The van der Waals surface area contributed by atoms with E-state index in [1.807, 2.05) is 20.8 Å². The van der Waals surface area contributed by atoms with E-state index in [2.05, 4.69) is 17.6 Å². The van der Waals surface area contributed by atoms with E-state index in [0.717, 1.165) is 51.8 Å². The molecular weight excluding hydrogens is 268 g/mol. The van der Waals surface area contributed by atoms with E-state index in [1.165, 1.54) is 0 Å². The Balaban J connectivity index is 2.10. The van der Waals surface area contributed by atoms with Gasteiger partial charge in [-0.1, -0.05) is 6.92 Å². The van der Waals surface area contributed by atoms with Crippen molar-refractivity contribution in [2.75, 3.05) is 19.7 Å². The second-order valence-electron chi connectivity index (χ2n) is 6.74. The zero-order valence-electron chi connectivity index (χ0n) is 14.0. The number of nitrogens with one attached hydrogen (secondary N) is 2. The molecule has 0 unspecified atom stereocenters. The van der Waals surface area contributed by atoms with Gasteiger partial charge in [0, 0.05) is 12.6 Å². The third kappa shape index (κ3) is 8.94. The monoisotopic (exact) mass is 300 g/mol. The first-order valence-electron chi connectivity index (χ1n) is 8.22. The van der Waals surface area contributed by atoms with Crippen LogP contribution in [0.15, 0.2) is 0 Å². The van der Waals surface area contributed by atoms with Crippen LogP contribution in [-0.4, -0.2) is 43.5 Å². The quantitative estimate of drug-likeness (QED) is 0.710. The summed E-state index contributed by atoms with van der Waals surface area (Å²) >= 11 is 0. The van der Waals surface area contributed by atoms with E-state index in [4.69, 9.17) is 9.47 Å². The molecule has 1 aliphatic rings. The van der Waals surface area contributed by atoms with Crippen LogP contribution in [0.5, 0.6) is 0 Å². The van der Waals surface area contributed by atoms with Gasteiger partial charge in [-0.05, 0) is 59.4 Å². The SMILES string of the molecule is CCCNCCOC1CCC(NC(=O)OC(C)(C)C)CC1. The van der Waals surface area contributed by atoms with Crippen LogP contribution in [0, 0.1) is 0 Å². The summed E-state index contributed by atoms with van der Waals surface area (Å²) in [6, 6.07) is 0.220. The first-order valence-corrected chi connectivity index (χ1v) is 8.22. The highest BCUT2D eigenvalue weighted by Gasteiger charge is 2.24. The number of rotatable bonds is 7. The Morgan fingerprint density at radius 3 is 2.38 bits per heavy atom. The van der Waals surface area contributed by atoms with Crippen molar-refractivity contribution in [3.05, 3.63) is 0 Å². The summed E-state index contributed by atoms with van der Waals surface area (Å²) in [6.45, 7) is 10.5. The van der Waals surface area contributed by atoms with Crippen LogP contribution in [0.2, 0.25) is 0 Å². The molecular formula is C16H32N2O3. The predicted molar refractivity (Wildman–Crippen MR) is 84.5 cm³/mol. The summed E-state index contributed by atoms with van der Waals surface area (Å²) in [4.78, 5) is 11.7. The van der Waals surface area contributed by atoms with E-state index >= 15 is 0 Å². The molecule has 1 fully saturated rings. The fourth-order valence-corrected chi connectivity index (χ4v) is 2.45. The third-order valence-electron chi connectivity index (χ3n) is 3.45. The highest BCUT2D eigenvalue weighted by atomic mass is 16.6. The number of hydrogen-bond acceptors (Lipinski definition) is 4. The number of alkyl carbamates (subject to hydrolysis) is 1. The Morgan fingerprint density at radius 1 is 1.14 bits per heavy atom. The van der Waals surface area contributed by atoms with Gasteiger partial charge in [-0.2, -0.15) is 0 Å². The lowest BCUT2D eigenvalue weighted by Gasteiger charge is -2.30. The fraction of sp³-hybridized carbons (Fsp3) is 0.938. The minimum atomic E-state index is -0.435. The van der Waals surface area contributed by atoms with Gasteiger partial charge in [0.25, 0.3) is 0 Å². The van der Waals surface area contributed by atoms with E-state index in [-0.39, 0.29) is 12.1 Å². The molecule has 0 aromatic rings. The van der Waals surface area contributed by atoms with Crippen LogP contribution in [0.25, 0.3) is 0 Å². The van der Waals surface area contributed by atoms with Crippen molar-refractivity contribution >= 4 is 6.09 Å². The summed E-state index contributed by atoms with van der Waals surface area (Å²) in [5, 5.41) is 6.28. The molecule has 0 aromatic heterocycles. The van der Waals surface area contributed by atoms with Crippen LogP contribution >= 0.6 is 0 Å². The Morgan fingerprint density at radius 2 is 1.81 bits per heavy atom. The molecule has 1 aliphatic carbocycles. The van der Waals surface area contributed by atoms with Crippen LogP contribution in [0.4, 0.5) is 4.79 Å². The maximum absolute atomic E-state index is 11.7. The molecule has 0 atom stereocenters. The fourth-order valence-electron chi connectivity index (χ4n) is 2.45. The Kier molecular flexibility index (Phi) is 8.04. The smallest absolute Gasteiger partial charge is 0.407 e. The van der Waals surface area contributed by atoms with E-state index in [0.29, 0.717) is 6.10 Å². The number of carbonyl (C=O) groups excluding carboxylic acids is 1. The zero-order chi connectivity index (χ0) is 15.7. The van der Waals surface area contributed by atoms with Gasteiger partial charge in [-0.3, -0.25) is 0 Å². The molecule has 2 N–H and O–H groups in total. The summed E-state index contributed by atoms with van der Waals surface area (Å²) in [7, 11) is 0. The van der Waals surface area contributed by atoms with Crippen LogP contribution in [-0.2, 0) is 9.47 Å². The molecule has 124 valence electrons. The van der Waals surface area contributed by atoms with Crippen LogP contribution in [0.1, 0.15) is 59.8 Å². The largest absolute Gasteiger partial charge is 0.444 e. The molecule has 5 nitrogen and oxygen atoms in total. The summed E-state index contributed by atoms with van der Waals surface area (Å²) in [5.41, 5.74) is -0.435. The second-order valence-corrected chi connectivity index (χ2v) is 6.74. The average molecular weight is 300 g/mol. The van der Waals surface area contributed by atoms with Gasteiger partial charge >= 0.3 is 6.09 Å². The molecule has 1 rings (SSSR count). The molecule has 0 saturated heterocycles. The number of carbonyl (C=O) groups is 1. The maximum atomic E-state index is 11.7. The molecule has 0 radical (unpaired) electrons. The molecule has 0 aliphatic heterocycles. The van der Waals surface area contributed by atoms with Crippen molar-refractivity contribution < 1.29 is 14.3 Å². The lowest BCUT2D eigenvalue weighted by atomic mass is 9.93. The molecule has 0 heterocycles. The Hall–Kier alpha value is -0.810. The van der Waals surface area contributed by atoms with Gasteiger partial charge in [0.1, 0.15) is 5.60 Å². The molecule has 21 heavy (non-hydrogen) atoms. The summed E-state index contributed by atoms with van der Waals surface area (Å²) < 4.78 is 11.1. The second kappa shape index (κ2) is 9.26. The Bertz CT molecular complexity index is 294. The van der Waals surface area contributed by atoms with Crippen molar-refractivity contribution in [3.8, 4) is 0 Å². The molecule has 1 saturated carbocycles. The minimum absolute atomic E-state index is 0.220. The average Bonchev–Trinajstić information content (AvgIpc) is 2.38. The van der Waals surface area contributed by atoms with Crippen molar-refractivity contribution in [3.63, 3.8) is 0 Å². The van der Waals surface area contributed by atoms with Gasteiger partial charge in [0.15, 0.2) is 0 Å². The highest BCUT2D eigenvalue weighted by molar-refractivity contribution is 5.68. The topological polar surface area (TPSA) is 59.6 Å². The first-order chi connectivity index (χ1) is 9.90. The van der Waals surface area contributed by atoms with Gasteiger partial charge in [-0.15, -0.1) is 0 Å². The molecule has 0 bridgehead atoms. The number of hydrogen-bond donors (Lipinski definition) is 2. The zero-order valence-corrected chi connectivity index (χ0v) is 14.0. The van der Waals surface area contributed by atoms with Gasteiger partial charge in [0.05, 0.1) is 12.7 Å². The molecule has 0 aromatic carbocycles. The van der Waals surface area contributed by atoms with Crippen LogP contribution < -0.4 is 10.6 Å². The first kappa shape index (κ1) is 18.2. The van der Waals surface area contributed by atoms with Crippen molar-refractivity contribution in [2.24, 2.45) is 0 Å². The number of amides is 1. The van der Waals surface area contributed by atoms with Crippen molar-refractivity contribution in [1.82, 2.24) is 10.6 Å². The molecule has 5 heteroatoms. The predicted octanol–water partition coefficient (Wildman–Crippen LogP) is 2.84.